The standard InChI is InChI=1S/C28H36N2O6/c1-27(2,3)18-28(4,5)29-24(31)19-6-10-22(11-7-19)36-26(34)30-16-14-23(15-17-30)35-21-12-8-20(9-13-21)25(32)33/h6-13,23H,14-18H2,1-5H3,(H,29,31)(H,32,33). The fourth-order valence-corrected chi connectivity index (χ4v) is 4.61. The zero-order valence-electron chi connectivity index (χ0n) is 21.7. The SMILES string of the molecule is CC(C)(C)CC(C)(C)NC(=O)c1ccc(OC(=O)N2CCC(Oc3ccc(C(=O)O)cc3)CC2)cc1. The number of amides is 2. The summed E-state index contributed by atoms with van der Waals surface area (Å²) < 4.78 is 11.4. The van der Waals surface area contributed by atoms with Gasteiger partial charge in [-0.05, 0) is 74.2 Å². The Morgan fingerprint density at radius 1 is 0.889 bits per heavy atom. The number of piperidine rings is 1. The van der Waals surface area contributed by atoms with E-state index < -0.39 is 12.1 Å². The molecule has 194 valence electrons. The van der Waals surface area contributed by atoms with Gasteiger partial charge in [0.15, 0.2) is 0 Å². The molecule has 0 radical (unpaired) electrons. The molecular formula is C28H36N2O6. The van der Waals surface area contributed by atoms with Crippen molar-refractivity contribution in [2.45, 2.75) is 65.5 Å². The fraction of sp³-hybridized carbons (Fsp3) is 0.464. The van der Waals surface area contributed by atoms with Gasteiger partial charge >= 0.3 is 12.1 Å². The Bertz CT molecular complexity index is 1060. The van der Waals surface area contributed by atoms with Gasteiger partial charge in [-0.15, -0.1) is 0 Å². The van der Waals surface area contributed by atoms with Crippen molar-refractivity contribution in [3.63, 3.8) is 0 Å². The summed E-state index contributed by atoms with van der Waals surface area (Å²) >= 11 is 0. The van der Waals surface area contributed by atoms with Crippen LogP contribution in [0.15, 0.2) is 48.5 Å². The zero-order chi connectivity index (χ0) is 26.5. The van der Waals surface area contributed by atoms with Gasteiger partial charge in [0.05, 0.1) is 5.56 Å². The maximum absolute atomic E-state index is 12.7. The first-order valence-corrected chi connectivity index (χ1v) is 12.2. The van der Waals surface area contributed by atoms with Crippen LogP contribution in [0.2, 0.25) is 0 Å². The molecule has 0 bridgehead atoms. The highest BCUT2D eigenvalue weighted by Crippen LogP contribution is 2.27. The van der Waals surface area contributed by atoms with Crippen LogP contribution in [0.5, 0.6) is 11.5 Å². The predicted molar refractivity (Wildman–Crippen MR) is 137 cm³/mol. The molecule has 36 heavy (non-hydrogen) atoms. The van der Waals surface area contributed by atoms with Gasteiger partial charge in [-0.2, -0.15) is 0 Å². The summed E-state index contributed by atoms with van der Waals surface area (Å²) in [5.41, 5.74) is 0.449. The van der Waals surface area contributed by atoms with Crippen molar-refractivity contribution < 1.29 is 29.0 Å². The maximum Gasteiger partial charge on any atom is 0.415 e. The summed E-state index contributed by atoms with van der Waals surface area (Å²) in [6.07, 6.45) is 1.60. The van der Waals surface area contributed by atoms with E-state index in [0.29, 0.717) is 43.0 Å². The normalized spacial score (nSPS) is 14.8. The molecule has 0 spiro atoms. The molecule has 1 saturated heterocycles. The number of rotatable bonds is 7. The van der Waals surface area contributed by atoms with Gasteiger partial charge in [-0.3, -0.25) is 4.79 Å². The van der Waals surface area contributed by atoms with Crippen molar-refractivity contribution in [2.24, 2.45) is 5.41 Å². The van der Waals surface area contributed by atoms with Gasteiger partial charge in [-0.25, -0.2) is 9.59 Å². The number of aromatic carboxylic acids is 1. The van der Waals surface area contributed by atoms with Gasteiger partial charge in [0.1, 0.15) is 17.6 Å². The Labute approximate surface area is 212 Å². The molecule has 2 N–H and O–H groups in total. The summed E-state index contributed by atoms with van der Waals surface area (Å²) in [6.45, 7) is 11.4. The third kappa shape index (κ3) is 8.00. The van der Waals surface area contributed by atoms with E-state index in [9.17, 15) is 14.4 Å². The number of carboxylic acid groups (broad SMARTS) is 1. The summed E-state index contributed by atoms with van der Waals surface area (Å²) in [7, 11) is 0. The number of likely N-dealkylation sites (tertiary alicyclic amines) is 1. The second-order valence-electron chi connectivity index (χ2n) is 11.1. The molecule has 0 unspecified atom stereocenters. The van der Waals surface area contributed by atoms with Crippen LogP contribution in [0.3, 0.4) is 0 Å². The van der Waals surface area contributed by atoms with Gasteiger partial charge in [-0.1, -0.05) is 20.8 Å². The molecule has 0 aliphatic carbocycles. The van der Waals surface area contributed by atoms with Crippen molar-refractivity contribution in [3.8, 4) is 11.5 Å². The molecule has 1 heterocycles. The molecule has 8 nitrogen and oxygen atoms in total. The number of hydrogen-bond donors (Lipinski definition) is 2. The minimum Gasteiger partial charge on any atom is -0.490 e. The summed E-state index contributed by atoms with van der Waals surface area (Å²) in [5.74, 6) is -0.164. The smallest absolute Gasteiger partial charge is 0.415 e. The molecule has 3 rings (SSSR count). The van der Waals surface area contributed by atoms with E-state index >= 15 is 0 Å². The molecule has 8 heteroatoms. The van der Waals surface area contributed by atoms with Crippen LogP contribution < -0.4 is 14.8 Å². The van der Waals surface area contributed by atoms with E-state index in [0.717, 1.165) is 6.42 Å². The van der Waals surface area contributed by atoms with Gasteiger partial charge in [0.25, 0.3) is 5.91 Å². The lowest BCUT2D eigenvalue weighted by atomic mass is 9.81. The lowest BCUT2D eigenvalue weighted by Gasteiger charge is -2.33. The molecule has 1 aliphatic heterocycles. The molecule has 1 fully saturated rings. The second kappa shape index (κ2) is 11.0. The molecule has 0 atom stereocenters. The van der Waals surface area contributed by atoms with Crippen LogP contribution in [0.1, 0.15) is 74.6 Å². The van der Waals surface area contributed by atoms with Gasteiger partial charge < -0.3 is 24.8 Å². The van der Waals surface area contributed by atoms with Crippen LogP contribution in [0.25, 0.3) is 0 Å². The molecular weight excluding hydrogens is 460 g/mol. The summed E-state index contributed by atoms with van der Waals surface area (Å²) in [5, 5.41) is 12.1. The highest BCUT2D eigenvalue weighted by atomic mass is 16.6. The number of benzene rings is 2. The van der Waals surface area contributed by atoms with Crippen molar-refractivity contribution >= 4 is 18.0 Å². The number of ether oxygens (including phenoxy) is 2. The molecule has 2 amide bonds. The number of hydrogen-bond acceptors (Lipinski definition) is 5. The molecule has 0 saturated carbocycles. The van der Waals surface area contributed by atoms with E-state index in [2.05, 4.69) is 26.1 Å². The number of carbonyl (C=O) groups is 3. The summed E-state index contributed by atoms with van der Waals surface area (Å²) in [6, 6.07) is 12.8. The third-order valence-corrected chi connectivity index (χ3v) is 5.85. The Hall–Kier alpha value is -3.55. The van der Waals surface area contributed by atoms with E-state index in [1.54, 1.807) is 41.3 Å². The Morgan fingerprint density at radius 2 is 1.42 bits per heavy atom. The fourth-order valence-electron chi connectivity index (χ4n) is 4.61. The van der Waals surface area contributed by atoms with Crippen LogP contribution in [-0.2, 0) is 0 Å². The number of nitrogens with one attached hydrogen (secondary N) is 1. The van der Waals surface area contributed by atoms with Crippen LogP contribution in [-0.4, -0.2) is 52.7 Å². The molecule has 2 aromatic rings. The summed E-state index contributed by atoms with van der Waals surface area (Å²) in [4.78, 5) is 37.9. The molecule has 1 aliphatic rings. The van der Waals surface area contributed by atoms with Crippen molar-refractivity contribution in [1.82, 2.24) is 10.2 Å². The average molecular weight is 497 g/mol. The van der Waals surface area contributed by atoms with Crippen LogP contribution in [0, 0.1) is 5.41 Å². The number of carbonyl (C=O) groups excluding carboxylic acids is 2. The quantitative estimate of drug-likeness (QED) is 0.534. The van der Waals surface area contributed by atoms with E-state index in [-0.39, 0.29) is 28.5 Å². The minimum atomic E-state index is -0.980. The lowest BCUT2D eigenvalue weighted by molar-refractivity contribution is 0.0696. The lowest BCUT2D eigenvalue weighted by Crippen LogP contribution is -2.45. The third-order valence-electron chi connectivity index (χ3n) is 5.85. The molecule has 2 aromatic carbocycles. The van der Waals surface area contributed by atoms with E-state index in [4.69, 9.17) is 14.6 Å². The molecule has 0 aromatic heterocycles. The van der Waals surface area contributed by atoms with Gasteiger partial charge in [0.2, 0.25) is 0 Å². The highest BCUT2D eigenvalue weighted by molar-refractivity contribution is 5.94. The maximum atomic E-state index is 12.7. The monoisotopic (exact) mass is 496 g/mol. The van der Waals surface area contributed by atoms with Crippen molar-refractivity contribution in [1.29, 1.82) is 0 Å². The highest BCUT2D eigenvalue weighted by Gasteiger charge is 2.28. The number of carboxylic acids is 1. The average Bonchev–Trinajstić information content (AvgIpc) is 2.78. The number of nitrogens with zero attached hydrogens (tertiary/aromatic N) is 1. The first kappa shape index (κ1) is 27.0. The topological polar surface area (TPSA) is 105 Å². The first-order chi connectivity index (χ1) is 16.8. The Morgan fingerprint density at radius 3 is 1.94 bits per heavy atom. The Kier molecular flexibility index (Phi) is 8.28. The van der Waals surface area contributed by atoms with Crippen LogP contribution >= 0.6 is 0 Å². The van der Waals surface area contributed by atoms with Crippen LogP contribution in [0.4, 0.5) is 4.79 Å². The largest absolute Gasteiger partial charge is 0.490 e. The minimum absolute atomic E-state index is 0.0648. The van der Waals surface area contributed by atoms with E-state index in [1.165, 1.54) is 12.1 Å². The predicted octanol–water partition coefficient (Wildman–Crippen LogP) is 5.37. The second-order valence-corrected chi connectivity index (χ2v) is 11.1. The first-order valence-electron chi connectivity index (χ1n) is 12.2. The van der Waals surface area contributed by atoms with Gasteiger partial charge in [0, 0.05) is 37.0 Å². The van der Waals surface area contributed by atoms with Crippen molar-refractivity contribution in [3.05, 3.63) is 59.7 Å². The van der Waals surface area contributed by atoms with Crippen molar-refractivity contribution in [2.75, 3.05) is 13.1 Å². The zero-order valence-corrected chi connectivity index (χ0v) is 21.7. The Balaban J connectivity index is 1.47. The van der Waals surface area contributed by atoms with E-state index in [1.807, 2.05) is 13.8 Å².